The van der Waals surface area contributed by atoms with Crippen LogP contribution in [0.25, 0.3) is 0 Å². The van der Waals surface area contributed by atoms with Gasteiger partial charge in [0.15, 0.2) is 11.0 Å². The monoisotopic (exact) mass is 499 g/mol. The van der Waals surface area contributed by atoms with Gasteiger partial charge in [-0.05, 0) is 56.7 Å². The molecule has 1 heterocycles. The van der Waals surface area contributed by atoms with Crippen LogP contribution in [0, 0.1) is 0 Å². The Hall–Kier alpha value is -3.04. The van der Waals surface area contributed by atoms with Crippen molar-refractivity contribution in [3.05, 3.63) is 64.9 Å². The number of rotatable bonds is 11. The first-order valence-electron chi connectivity index (χ1n) is 11.1. The lowest BCUT2D eigenvalue weighted by Crippen LogP contribution is -2.21. The molecule has 2 N–H and O–H groups in total. The summed E-state index contributed by atoms with van der Waals surface area (Å²) in [5.74, 6) is 0.727. The topological polar surface area (TPSA) is 87.4 Å². The van der Waals surface area contributed by atoms with Crippen LogP contribution >= 0.6 is 23.4 Å². The number of nitrogens with zero attached hydrogens (tertiary/aromatic N) is 5. The summed E-state index contributed by atoms with van der Waals surface area (Å²) in [7, 11) is 1.88. The lowest BCUT2D eigenvalue weighted by atomic mass is 10.2. The highest BCUT2D eigenvalue weighted by molar-refractivity contribution is 7.99. The zero-order chi connectivity index (χ0) is 24.5. The van der Waals surface area contributed by atoms with Gasteiger partial charge in [0.2, 0.25) is 0 Å². The molecular formula is C24H30ClN7OS. The van der Waals surface area contributed by atoms with E-state index in [2.05, 4.69) is 56.9 Å². The summed E-state index contributed by atoms with van der Waals surface area (Å²) in [6, 6.07) is 15.5. The van der Waals surface area contributed by atoms with E-state index < -0.39 is 0 Å². The molecule has 0 aliphatic rings. The van der Waals surface area contributed by atoms with Crippen LogP contribution in [-0.4, -0.2) is 45.7 Å². The Balaban J connectivity index is 1.49. The molecule has 3 aromatic rings. The van der Waals surface area contributed by atoms with E-state index in [4.69, 9.17) is 11.6 Å². The number of hydrogen-bond donors (Lipinski definition) is 2. The van der Waals surface area contributed by atoms with Crippen molar-refractivity contribution in [3.8, 4) is 0 Å². The smallest absolute Gasteiger partial charge is 0.250 e. The molecule has 10 heteroatoms. The molecule has 0 saturated heterocycles. The normalized spacial score (nSPS) is 12.0. The highest BCUT2D eigenvalue weighted by Gasteiger charge is 2.16. The molecule has 1 amide bonds. The number of carbonyl (C=O) groups excluding carboxylic acids is 1. The van der Waals surface area contributed by atoms with E-state index in [1.54, 1.807) is 6.21 Å². The molecule has 0 bridgehead atoms. The summed E-state index contributed by atoms with van der Waals surface area (Å²) in [5.41, 5.74) is 5.55. The van der Waals surface area contributed by atoms with E-state index >= 15 is 0 Å². The van der Waals surface area contributed by atoms with Gasteiger partial charge in [0.05, 0.1) is 18.0 Å². The second-order valence-electron chi connectivity index (χ2n) is 7.62. The molecule has 0 aliphatic heterocycles. The minimum atomic E-state index is -0.212. The Bertz CT molecular complexity index is 1110. The number of carbonyl (C=O) groups is 1. The van der Waals surface area contributed by atoms with Gasteiger partial charge in [-0.1, -0.05) is 41.6 Å². The average molecular weight is 500 g/mol. The summed E-state index contributed by atoms with van der Waals surface area (Å²) in [6.45, 7) is 8.18. The molecule has 0 fully saturated rings. The third-order valence-corrected chi connectivity index (χ3v) is 6.48. The van der Waals surface area contributed by atoms with Crippen molar-refractivity contribution in [2.24, 2.45) is 12.1 Å². The molecule has 1 aromatic heterocycles. The van der Waals surface area contributed by atoms with Crippen molar-refractivity contribution in [2.75, 3.05) is 29.1 Å². The maximum absolute atomic E-state index is 12.2. The molecule has 1 unspecified atom stereocenters. The second kappa shape index (κ2) is 12.4. The highest BCUT2D eigenvalue weighted by atomic mass is 35.5. The third-order valence-electron chi connectivity index (χ3n) is 5.22. The summed E-state index contributed by atoms with van der Waals surface area (Å²) in [5, 5.41) is 17.2. The molecule has 2 aromatic carbocycles. The summed E-state index contributed by atoms with van der Waals surface area (Å²) in [6.07, 6.45) is 1.64. The highest BCUT2D eigenvalue weighted by Crippen LogP contribution is 2.23. The summed E-state index contributed by atoms with van der Waals surface area (Å²) in [4.78, 5) is 14.5. The molecule has 34 heavy (non-hydrogen) atoms. The molecule has 1 atom stereocenters. The predicted molar refractivity (Wildman–Crippen MR) is 141 cm³/mol. The zero-order valence-corrected chi connectivity index (χ0v) is 21.4. The van der Waals surface area contributed by atoms with E-state index in [1.165, 1.54) is 17.4 Å². The molecule has 0 radical (unpaired) electrons. The van der Waals surface area contributed by atoms with Crippen molar-refractivity contribution < 1.29 is 4.79 Å². The van der Waals surface area contributed by atoms with Gasteiger partial charge >= 0.3 is 0 Å². The number of hydrogen-bond acceptors (Lipinski definition) is 7. The van der Waals surface area contributed by atoms with Crippen LogP contribution in [0.15, 0.2) is 58.8 Å². The van der Waals surface area contributed by atoms with Crippen molar-refractivity contribution in [2.45, 2.75) is 32.0 Å². The fraction of sp³-hybridized carbons (Fsp3) is 0.333. The van der Waals surface area contributed by atoms with E-state index in [9.17, 15) is 4.79 Å². The minimum Gasteiger partial charge on any atom is -0.375 e. The van der Waals surface area contributed by atoms with Gasteiger partial charge in [-0.15, -0.1) is 10.2 Å². The fourth-order valence-electron chi connectivity index (χ4n) is 3.42. The molecule has 0 saturated carbocycles. The van der Waals surface area contributed by atoms with Gasteiger partial charge in [0.25, 0.3) is 5.91 Å². The fourth-order valence-corrected chi connectivity index (χ4v) is 4.32. The van der Waals surface area contributed by atoms with Crippen molar-refractivity contribution in [1.82, 2.24) is 20.2 Å². The standard InChI is InChI=1S/C24H30ClN7OS/c1-5-32(6-2)21-12-10-18(11-13-21)15-26-28-22(33)16-34-24-30-29-23(31(24)4)17(3)27-20-9-7-8-19(25)14-20/h7-15,17,27H,5-6,16H2,1-4H3,(H,28,33)/b26-15+. The van der Waals surface area contributed by atoms with Gasteiger partial charge < -0.3 is 14.8 Å². The largest absolute Gasteiger partial charge is 0.375 e. The Labute approximate surface area is 209 Å². The number of thioether (sulfide) groups is 1. The molecule has 3 rings (SSSR count). The number of benzene rings is 2. The van der Waals surface area contributed by atoms with Crippen molar-refractivity contribution >= 4 is 46.9 Å². The number of hydrazone groups is 1. The lowest BCUT2D eigenvalue weighted by molar-refractivity contribution is -0.118. The minimum absolute atomic E-state index is 0.0862. The van der Waals surface area contributed by atoms with Crippen LogP contribution in [0.1, 0.15) is 38.2 Å². The first-order chi connectivity index (χ1) is 16.4. The molecule has 180 valence electrons. The van der Waals surface area contributed by atoms with Crippen LogP contribution in [0.4, 0.5) is 11.4 Å². The van der Waals surface area contributed by atoms with E-state index in [1.807, 2.05) is 54.9 Å². The van der Waals surface area contributed by atoms with Gasteiger partial charge in [-0.3, -0.25) is 4.79 Å². The van der Waals surface area contributed by atoms with Crippen LogP contribution in [0.5, 0.6) is 0 Å². The Morgan fingerprint density at radius 2 is 1.94 bits per heavy atom. The van der Waals surface area contributed by atoms with Crippen LogP contribution in [0.2, 0.25) is 5.02 Å². The quantitative estimate of drug-likeness (QED) is 0.225. The third kappa shape index (κ3) is 6.98. The van der Waals surface area contributed by atoms with Crippen molar-refractivity contribution in [1.29, 1.82) is 0 Å². The van der Waals surface area contributed by atoms with Gasteiger partial charge in [0, 0.05) is 36.5 Å². The average Bonchev–Trinajstić information content (AvgIpc) is 3.20. The maximum Gasteiger partial charge on any atom is 0.250 e. The Morgan fingerprint density at radius 1 is 1.21 bits per heavy atom. The van der Waals surface area contributed by atoms with Crippen LogP contribution in [0.3, 0.4) is 0 Å². The molecule has 0 spiro atoms. The lowest BCUT2D eigenvalue weighted by Gasteiger charge is -2.20. The van der Waals surface area contributed by atoms with Gasteiger partial charge in [-0.2, -0.15) is 5.10 Å². The van der Waals surface area contributed by atoms with Crippen LogP contribution in [-0.2, 0) is 11.8 Å². The Kier molecular flexibility index (Phi) is 9.35. The summed E-state index contributed by atoms with van der Waals surface area (Å²) >= 11 is 7.36. The van der Waals surface area contributed by atoms with Gasteiger partial charge in [-0.25, -0.2) is 5.43 Å². The number of nitrogens with one attached hydrogen (secondary N) is 2. The van der Waals surface area contributed by atoms with Crippen LogP contribution < -0.4 is 15.6 Å². The van der Waals surface area contributed by atoms with Crippen molar-refractivity contribution in [3.63, 3.8) is 0 Å². The molecule has 0 aliphatic carbocycles. The van der Waals surface area contributed by atoms with Gasteiger partial charge in [0.1, 0.15) is 0 Å². The number of aromatic nitrogens is 3. The number of amides is 1. The first-order valence-corrected chi connectivity index (χ1v) is 12.5. The second-order valence-corrected chi connectivity index (χ2v) is 9.00. The predicted octanol–water partition coefficient (Wildman–Crippen LogP) is 4.73. The number of anilines is 2. The van der Waals surface area contributed by atoms with E-state index in [-0.39, 0.29) is 17.7 Å². The molecule has 8 nitrogen and oxygen atoms in total. The zero-order valence-electron chi connectivity index (χ0n) is 19.8. The van der Waals surface area contributed by atoms with E-state index in [0.29, 0.717) is 10.2 Å². The molecular weight excluding hydrogens is 470 g/mol. The number of halogens is 1. The van der Waals surface area contributed by atoms with E-state index in [0.717, 1.165) is 30.2 Å². The maximum atomic E-state index is 12.2. The summed E-state index contributed by atoms with van der Waals surface area (Å²) < 4.78 is 1.88. The Morgan fingerprint density at radius 3 is 2.62 bits per heavy atom. The first kappa shape index (κ1) is 25.6. The SMILES string of the molecule is CCN(CC)c1ccc(/C=N/NC(=O)CSc2nnc(C(C)Nc3cccc(Cl)c3)n2C)cc1.